The maximum Gasteiger partial charge on any atom is 0.258 e. The fourth-order valence-corrected chi connectivity index (χ4v) is 6.74. The number of anilines is 4. The van der Waals surface area contributed by atoms with E-state index in [-0.39, 0.29) is 75.4 Å². The average molecular weight is 992 g/mol. The Balaban J connectivity index is 1.28. The lowest BCUT2D eigenvalue weighted by Crippen LogP contribution is -2.32. The van der Waals surface area contributed by atoms with Crippen molar-refractivity contribution in [3.63, 3.8) is 0 Å². The summed E-state index contributed by atoms with van der Waals surface area (Å²) in [7, 11) is 0. The van der Waals surface area contributed by atoms with Crippen LogP contribution in [-0.4, -0.2) is 47.3 Å². The average Bonchev–Trinajstić information content (AvgIpc) is 3.22. The molecular weight excluding hydrogens is 961 g/mol. The SMILES string of the molecule is CC(=O)C(N=Nc1ccc(Cl)c(C(=O)Nc2cccc(Cl)c2Cl)c1)C(=O)Nc1ccc(NC(=O)C(N=Nc2ccc(Cl)c(C(=O)Nc3cccc(Cl)c3Cl)c2)C(C)=O)c(C(C)Cl)c1. The lowest BCUT2D eigenvalue weighted by Gasteiger charge is -2.17. The minimum absolute atomic E-state index is 0.000544. The van der Waals surface area contributed by atoms with E-state index in [1.165, 1.54) is 54.6 Å². The summed E-state index contributed by atoms with van der Waals surface area (Å²) < 4.78 is 0. The third-order valence-corrected chi connectivity index (χ3v) is 11.2. The Hall–Kier alpha value is -5.45. The summed E-state index contributed by atoms with van der Waals surface area (Å²) in [5, 5.41) is 26.5. The number of benzene rings is 5. The Morgan fingerprint density at radius 2 is 0.952 bits per heavy atom. The summed E-state index contributed by atoms with van der Waals surface area (Å²) in [6, 6.07) is 18.7. The zero-order valence-corrected chi connectivity index (χ0v) is 38.1. The molecule has 14 nitrogen and oxygen atoms in total. The number of azo groups is 2. The molecule has 21 heteroatoms. The van der Waals surface area contributed by atoms with Crippen molar-refractivity contribution in [3.8, 4) is 0 Å². The summed E-state index contributed by atoms with van der Waals surface area (Å²) in [6.07, 6.45) is 0. The van der Waals surface area contributed by atoms with Gasteiger partial charge in [-0.1, -0.05) is 81.7 Å². The molecule has 0 aliphatic carbocycles. The van der Waals surface area contributed by atoms with Crippen LogP contribution in [0.4, 0.5) is 34.1 Å². The highest BCUT2D eigenvalue weighted by Crippen LogP contribution is 2.34. The van der Waals surface area contributed by atoms with E-state index in [1.807, 2.05) is 0 Å². The normalized spacial score (nSPS) is 12.7. The van der Waals surface area contributed by atoms with Crippen molar-refractivity contribution in [1.29, 1.82) is 0 Å². The zero-order valence-electron chi connectivity index (χ0n) is 32.8. The van der Waals surface area contributed by atoms with Gasteiger partial charge in [-0.2, -0.15) is 20.5 Å². The monoisotopic (exact) mass is 988 g/mol. The lowest BCUT2D eigenvalue weighted by atomic mass is 10.1. The second-order valence-corrected chi connectivity index (χ2v) is 16.3. The number of rotatable bonds is 15. The van der Waals surface area contributed by atoms with Crippen LogP contribution in [0.25, 0.3) is 0 Å². The van der Waals surface area contributed by atoms with E-state index in [1.54, 1.807) is 43.3 Å². The molecule has 5 aromatic rings. The fraction of sp³-hybridized carbons (Fsp3) is 0.143. The molecule has 63 heavy (non-hydrogen) atoms. The second kappa shape index (κ2) is 21.8. The number of amides is 4. The van der Waals surface area contributed by atoms with Gasteiger partial charge in [0, 0.05) is 11.4 Å². The molecule has 3 atom stereocenters. The van der Waals surface area contributed by atoms with Crippen molar-refractivity contribution in [1.82, 2.24) is 0 Å². The van der Waals surface area contributed by atoms with Gasteiger partial charge in [-0.15, -0.1) is 11.6 Å². The van der Waals surface area contributed by atoms with Crippen LogP contribution in [0.5, 0.6) is 0 Å². The van der Waals surface area contributed by atoms with Gasteiger partial charge in [-0.05, 0) is 105 Å². The molecule has 0 aromatic heterocycles. The molecule has 0 saturated carbocycles. The first kappa shape index (κ1) is 48.6. The van der Waals surface area contributed by atoms with Crippen LogP contribution in [-0.2, 0) is 19.2 Å². The molecule has 0 fully saturated rings. The van der Waals surface area contributed by atoms with Crippen molar-refractivity contribution in [2.75, 3.05) is 21.3 Å². The number of Topliss-reactive ketones (excluding diaryl/α,β-unsaturated/α-hetero) is 2. The Labute approximate surface area is 394 Å². The minimum atomic E-state index is -1.63. The number of hydrogen-bond donors (Lipinski definition) is 4. The maximum absolute atomic E-state index is 13.4. The number of carbonyl (C=O) groups excluding carboxylic acids is 6. The summed E-state index contributed by atoms with van der Waals surface area (Å²) in [5.41, 5.74) is 1.35. The minimum Gasteiger partial charge on any atom is -0.324 e. The highest BCUT2D eigenvalue weighted by molar-refractivity contribution is 6.45. The van der Waals surface area contributed by atoms with Crippen molar-refractivity contribution in [3.05, 3.63) is 138 Å². The summed E-state index contributed by atoms with van der Waals surface area (Å²) >= 11 is 43.5. The molecule has 0 bridgehead atoms. The molecule has 0 aliphatic heterocycles. The maximum atomic E-state index is 13.4. The number of nitrogens with one attached hydrogen (secondary N) is 4. The van der Waals surface area contributed by atoms with Crippen LogP contribution in [0.15, 0.2) is 111 Å². The predicted molar refractivity (Wildman–Crippen MR) is 248 cm³/mol. The summed E-state index contributed by atoms with van der Waals surface area (Å²) in [5.74, 6) is -4.30. The molecule has 0 aliphatic rings. The number of alkyl halides is 1. The van der Waals surface area contributed by atoms with Gasteiger partial charge in [-0.25, -0.2) is 0 Å². The van der Waals surface area contributed by atoms with Crippen molar-refractivity contribution >= 4 is 151 Å². The van der Waals surface area contributed by atoms with E-state index in [4.69, 9.17) is 81.2 Å². The molecule has 4 amide bonds. The molecular formula is C42H31Cl7N8O6. The number of carbonyl (C=O) groups is 6. The molecule has 5 aromatic carbocycles. The van der Waals surface area contributed by atoms with Gasteiger partial charge >= 0.3 is 0 Å². The molecule has 0 spiro atoms. The van der Waals surface area contributed by atoms with Gasteiger partial charge in [0.25, 0.3) is 23.6 Å². The van der Waals surface area contributed by atoms with Gasteiger partial charge in [0.1, 0.15) is 0 Å². The molecule has 0 heterocycles. The Bertz CT molecular complexity index is 2710. The highest BCUT2D eigenvalue weighted by atomic mass is 35.5. The van der Waals surface area contributed by atoms with Crippen LogP contribution >= 0.6 is 81.2 Å². The Kier molecular flexibility index (Phi) is 16.8. The molecule has 5 rings (SSSR count). The molecule has 4 N–H and O–H groups in total. The molecule has 0 saturated heterocycles. The van der Waals surface area contributed by atoms with Gasteiger partial charge < -0.3 is 21.3 Å². The van der Waals surface area contributed by atoms with Crippen molar-refractivity contribution in [2.24, 2.45) is 20.5 Å². The number of ketones is 2. The van der Waals surface area contributed by atoms with Crippen LogP contribution in [0.3, 0.4) is 0 Å². The lowest BCUT2D eigenvalue weighted by molar-refractivity contribution is -0.127. The van der Waals surface area contributed by atoms with Crippen LogP contribution in [0.2, 0.25) is 30.1 Å². The van der Waals surface area contributed by atoms with E-state index in [2.05, 4.69) is 41.7 Å². The quantitative estimate of drug-likeness (QED) is 0.0457. The Morgan fingerprint density at radius 1 is 0.508 bits per heavy atom. The van der Waals surface area contributed by atoms with Gasteiger partial charge in [0.15, 0.2) is 11.6 Å². The number of halogens is 7. The van der Waals surface area contributed by atoms with Gasteiger partial charge in [-0.3, -0.25) is 28.8 Å². The summed E-state index contributed by atoms with van der Waals surface area (Å²) in [6.45, 7) is 3.90. The topological polar surface area (TPSA) is 200 Å². The third kappa shape index (κ3) is 12.6. The zero-order chi connectivity index (χ0) is 46.1. The first-order chi connectivity index (χ1) is 29.8. The predicted octanol–water partition coefficient (Wildman–Crippen LogP) is 12.8. The van der Waals surface area contributed by atoms with Crippen LogP contribution in [0, 0.1) is 0 Å². The molecule has 324 valence electrons. The van der Waals surface area contributed by atoms with Crippen molar-refractivity contribution < 1.29 is 28.8 Å². The molecule has 0 radical (unpaired) electrons. The first-order valence-electron chi connectivity index (χ1n) is 18.2. The Morgan fingerprint density at radius 3 is 1.38 bits per heavy atom. The number of hydrogen-bond acceptors (Lipinski definition) is 10. The largest absolute Gasteiger partial charge is 0.324 e. The van der Waals surface area contributed by atoms with Crippen LogP contribution < -0.4 is 21.3 Å². The highest BCUT2D eigenvalue weighted by Gasteiger charge is 2.27. The smallest absolute Gasteiger partial charge is 0.258 e. The first-order valence-corrected chi connectivity index (χ1v) is 20.9. The second-order valence-electron chi connectivity index (χ2n) is 13.3. The standard InChI is InChI=1S/C42H31Cl7N8O6/c1-19(43)25-16-22(50-41(62)37(20(2)58)56-54-23-10-13-28(44)26(17-23)39(60)52-33-8-4-6-30(46)35(33)48)12-15-32(25)51-42(63)38(21(3)59)57-55-24-11-14-29(45)27(18-24)40(61)53-34-9-5-7-31(47)36(34)49/h4-19,37-38H,1-3H3,(H,50,62)(H,51,63)(H,52,60)(H,53,61). The molecule has 3 unspecified atom stereocenters. The fourth-order valence-electron chi connectivity index (χ4n) is 5.46. The van der Waals surface area contributed by atoms with E-state index in [0.717, 1.165) is 13.8 Å². The number of nitrogens with zero attached hydrogens (tertiary/aromatic N) is 4. The van der Waals surface area contributed by atoms with E-state index in [9.17, 15) is 28.8 Å². The van der Waals surface area contributed by atoms with Gasteiger partial charge in [0.2, 0.25) is 12.1 Å². The summed E-state index contributed by atoms with van der Waals surface area (Å²) in [4.78, 5) is 78.1. The van der Waals surface area contributed by atoms with Crippen LogP contribution in [0.1, 0.15) is 52.4 Å². The van der Waals surface area contributed by atoms with E-state index < -0.39 is 52.7 Å². The third-order valence-electron chi connectivity index (χ3n) is 8.64. The van der Waals surface area contributed by atoms with E-state index in [0.29, 0.717) is 5.56 Å². The van der Waals surface area contributed by atoms with Crippen molar-refractivity contribution in [2.45, 2.75) is 38.2 Å². The van der Waals surface area contributed by atoms with E-state index >= 15 is 0 Å². The van der Waals surface area contributed by atoms with Gasteiger partial charge in [0.05, 0.1) is 69.4 Å².